The molecule has 1 aliphatic rings. The molecule has 29 heavy (non-hydrogen) atoms. The Morgan fingerprint density at radius 1 is 1.03 bits per heavy atom. The second-order valence-corrected chi connectivity index (χ2v) is 10.4. The molecule has 1 amide bonds. The van der Waals surface area contributed by atoms with Gasteiger partial charge in [-0.05, 0) is 55.5 Å². The summed E-state index contributed by atoms with van der Waals surface area (Å²) >= 11 is 7.37. The van der Waals surface area contributed by atoms with Gasteiger partial charge in [0.2, 0.25) is 15.9 Å². The molecule has 0 saturated carbocycles. The number of hydrogen-bond acceptors (Lipinski definition) is 5. The largest absolute Gasteiger partial charge is 0.497 e. The lowest BCUT2D eigenvalue weighted by Crippen LogP contribution is -2.52. The van der Waals surface area contributed by atoms with Gasteiger partial charge >= 0.3 is 0 Å². The Labute approximate surface area is 180 Å². The van der Waals surface area contributed by atoms with Crippen LogP contribution in [0.15, 0.2) is 58.3 Å². The number of thioether (sulfide) groups is 1. The van der Waals surface area contributed by atoms with E-state index in [1.54, 1.807) is 29.2 Å². The molecule has 6 nitrogen and oxygen atoms in total. The van der Waals surface area contributed by atoms with E-state index in [0.29, 0.717) is 23.9 Å². The Morgan fingerprint density at radius 3 is 2.17 bits per heavy atom. The van der Waals surface area contributed by atoms with Crippen LogP contribution in [0.25, 0.3) is 0 Å². The van der Waals surface area contributed by atoms with Gasteiger partial charge in [0.15, 0.2) is 0 Å². The van der Waals surface area contributed by atoms with Crippen molar-refractivity contribution in [2.75, 3.05) is 33.3 Å². The molecule has 1 aliphatic heterocycles. The smallest absolute Gasteiger partial charge is 0.243 e. The number of carbonyl (C=O) groups excluding carboxylic acids is 1. The van der Waals surface area contributed by atoms with E-state index in [0.717, 1.165) is 4.90 Å². The molecular formula is C20H23ClN2O4S2. The van der Waals surface area contributed by atoms with Crippen LogP contribution in [0.3, 0.4) is 0 Å². The topological polar surface area (TPSA) is 66.9 Å². The van der Waals surface area contributed by atoms with Crippen molar-refractivity contribution >= 4 is 39.3 Å². The summed E-state index contributed by atoms with van der Waals surface area (Å²) in [5, 5.41) is 0.392. The molecular weight excluding hydrogens is 432 g/mol. The highest BCUT2D eigenvalue weighted by Crippen LogP contribution is 2.27. The number of ether oxygens (including phenoxy) is 1. The van der Waals surface area contributed by atoms with Crippen LogP contribution < -0.4 is 4.74 Å². The van der Waals surface area contributed by atoms with Crippen LogP contribution in [-0.4, -0.2) is 62.1 Å². The van der Waals surface area contributed by atoms with E-state index < -0.39 is 10.0 Å². The Hall–Kier alpha value is -1.74. The summed E-state index contributed by atoms with van der Waals surface area (Å²) in [6, 6.07) is 13.7. The van der Waals surface area contributed by atoms with Crippen molar-refractivity contribution in [2.45, 2.75) is 22.0 Å². The predicted octanol–water partition coefficient (Wildman–Crippen LogP) is 3.36. The van der Waals surface area contributed by atoms with Crippen molar-refractivity contribution in [3.8, 4) is 5.75 Å². The summed E-state index contributed by atoms with van der Waals surface area (Å²) in [5.41, 5.74) is 0. The molecule has 1 heterocycles. The number of nitrogens with zero attached hydrogens (tertiary/aromatic N) is 2. The van der Waals surface area contributed by atoms with Gasteiger partial charge in [0.25, 0.3) is 0 Å². The average Bonchev–Trinajstić information content (AvgIpc) is 2.75. The maximum Gasteiger partial charge on any atom is 0.243 e. The number of piperazine rings is 1. The summed E-state index contributed by atoms with van der Waals surface area (Å²) in [6.07, 6.45) is 0. The molecule has 0 spiro atoms. The van der Waals surface area contributed by atoms with Crippen LogP contribution >= 0.6 is 23.4 Å². The zero-order chi connectivity index (χ0) is 21.0. The Kier molecular flexibility index (Phi) is 7.10. The molecule has 1 unspecified atom stereocenters. The fourth-order valence-electron chi connectivity index (χ4n) is 3.07. The highest BCUT2D eigenvalue weighted by atomic mass is 35.5. The normalized spacial score (nSPS) is 16.4. The lowest BCUT2D eigenvalue weighted by Gasteiger charge is -2.35. The molecule has 0 N–H and O–H groups in total. The second-order valence-electron chi connectivity index (χ2n) is 6.62. The Morgan fingerprint density at radius 2 is 1.62 bits per heavy atom. The third-order valence-corrected chi connectivity index (χ3v) is 7.99. The number of carbonyl (C=O) groups is 1. The van der Waals surface area contributed by atoms with Gasteiger partial charge < -0.3 is 9.64 Å². The second kappa shape index (κ2) is 9.38. The first kappa shape index (κ1) is 22.0. The molecule has 0 radical (unpaired) electrons. The number of benzene rings is 2. The number of halogens is 1. The van der Waals surface area contributed by atoms with Crippen molar-refractivity contribution in [1.82, 2.24) is 9.21 Å². The zero-order valence-corrected chi connectivity index (χ0v) is 18.6. The van der Waals surface area contributed by atoms with Crippen molar-refractivity contribution in [2.24, 2.45) is 0 Å². The molecule has 2 aromatic rings. The summed E-state index contributed by atoms with van der Waals surface area (Å²) in [4.78, 5) is 15.7. The lowest BCUT2D eigenvalue weighted by atomic mass is 10.3. The van der Waals surface area contributed by atoms with Crippen LogP contribution in [0.5, 0.6) is 5.75 Å². The minimum Gasteiger partial charge on any atom is -0.497 e. The van der Waals surface area contributed by atoms with Crippen molar-refractivity contribution in [3.63, 3.8) is 0 Å². The summed E-state index contributed by atoms with van der Waals surface area (Å²) in [6.45, 7) is 3.17. The van der Waals surface area contributed by atoms with E-state index in [2.05, 4.69) is 0 Å². The third kappa shape index (κ3) is 5.25. The average molecular weight is 455 g/mol. The van der Waals surface area contributed by atoms with Gasteiger partial charge in [-0.25, -0.2) is 8.42 Å². The van der Waals surface area contributed by atoms with Crippen molar-refractivity contribution < 1.29 is 17.9 Å². The fraction of sp³-hybridized carbons (Fsp3) is 0.350. The molecule has 1 saturated heterocycles. The summed E-state index contributed by atoms with van der Waals surface area (Å²) in [5.74, 6) is 0.609. The first-order chi connectivity index (χ1) is 13.8. The van der Waals surface area contributed by atoms with Crippen LogP contribution in [0, 0.1) is 0 Å². The van der Waals surface area contributed by atoms with E-state index in [4.69, 9.17) is 16.3 Å². The zero-order valence-electron chi connectivity index (χ0n) is 16.2. The lowest BCUT2D eigenvalue weighted by molar-refractivity contribution is -0.131. The molecule has 0 aliphatic carbocycles. The minimum atomic E-state index is -3.59. The number of amides is 1. The van der Waals surface area contributed by atoms with Crippen LogP contribution in [0.4, 0.5) is 0 Å². The quantitative estimate of drug-likeness (QED) is 0.626. The molecule has 9 heteroatoms. The van der Waals surface area contributed by atoms with Gasteiger partial charge in [0.05, 0.1) is 17.3 Å². The fourth-order valence-corrected chi connectivity index (χ4v) is 5.57. The van der Waals surface area contributed by atoms with E-state index in [9.17, 15) is 13.2 Å². The summed E-state index contributed by atoms with van der Waals surface area (Å²) < 4.78 is 32.2. The maximum absolute atomic E-state index is 12.8. The predicted molar refractivity (Wildman–Crippen MR) is 115 cm³/mol. The minimum absolute atomic E-state index is 0.00597. The first-order valence-electron chi connectivity index (χ1n) is 9.16. The molecule has 0 aromatic heterocycles. The van der Waals surface area contributed by atoms with Crippen molar-refractivity contribution in [1.29, 1.82) is 0 Å². The first-order valence-corrected chi connectivity index (χ1v) is 11.9. The van der Waals surface area contributed by atoms with Gasteiger partial charge in [-0.1, -0.05) is 11.6 Å². The van der Waals surface area contributed by atoms with E-state index >= 15 is 0 Å². The van der Waals surface area contributed by atoms with Gasteiger partial charge in [0.1, 0.15) is 5.75 Å². The molecule has 0 bridgehead atoms. The number of rotatable bonds is 6. The van der Waals surface area contributed by atoms with E-state index in [-0.39, 0.29) is 29.1 Å². The van der Waals surface area contributed by atoms with Crippen LogP contribution in [0.2, 0.25) is 5.02 Å². The molecule has 1 atom stereocenters. The van der Waals surface area contributed by atoms with Crippen molar-refractivity contribution in [3.05, 3.63) is 53.6 Å². The highest BCUT2D eigenvalue weighted by Gasteiger charge is 2.31. The van der Waals surface area contributed by atoms with Gasteiger partial charge in [-0.2, -0.15) is 4.31 Å². The highest BCUT2D eigenvalue weighted by molar-refractivity contribution is 8.00. The Bertz CT molecular complexity index is 941. The van der Waals surface area contributed by atoms with Gasteiger partial charge in [0, 0.05) is 36.1 Å². The number of hydrogen-bond donors (Lipinski definition) is 0. The maximum atomic E-state index is 12.8. The van der Waals surface area contributed by atoms with E-state index in [1.165, 1.54) is 35.3 Å². The molecule has 2 aromatic carbocycles. The summed E-state index contributed by atoms with van der Waals surface area (Å²) in [7, 11) is -2.05. The van der Waals surface area contributed by atoms with Gasteiger partial charge in [-0.3, -0.25) is 4.79 Å². The van der Waals surface area contributed by atoms with Crippen LogP contribution in [-0.2, 0) is 14.8 Å². The molecule has 156 valence electrons. The molecule has 1 fully saturated rings. The number of sulfonamides is 1. The standard InChI is InChI=1S/C20H23ClN2O4S2/c1-15(28-18-7-3-16(21)4-8-18)20(24)22-11-13-23(14-12-22)29(25,26)19-9-5-17(27-2)6-10-19/h3-10,15H,11-14H2,1-2H3. The van der Waals surface area contributed by atoms with Gasteiger partial charge in [-0.15, -0.1) is 11.8 Å². The molecule has 3 rings (SSSR count). The Balaban J connectivity index is 1.58. The van der Waals surface area contributed by atoms with Crippen LogP contribution in [0.1, 0.15) is 6.92 Å². The third-order valence-electron chi connectivity index (χ3n) is 4.72. The SMILES string of the molecule is COc1ccc(S(=O)(=O)N2CCN(C(=O)C(C)Sc3ccc(Cl)cc3)CC2)cc1. The number of methoxy groups -OCH3 is 1. The monoisotopic (exact) mass is 454 g/mol. The van der Waals surface area contributed by atoms with E-state index in [1.807, 2.05) is 19.1 Å².